The van der Waals surface area contributed by atoms with E-state index in [4.69, 9.17) is 34.4 Å². The molecular weight excluding hydrogens is 1150 g/mol. The summed E-state index contributed by atoms with van der Waals surface area (Å²) < 4.78 is 73.5. The number of nitrogens with zero attached hydrogens (tertiary/aromatic N) is 9. The van der Waals surface area contributed by atoms with Crippen molar-refractivity contribution in [3.8, 4) is 11.4 Å². The molecule has 13 rings (SSSR count). The number of ether oxygens (including phenoxy) is 3. The van der Waals surface area contributed by atoms with Gasteiger partial charge in [-0.3, -0.25) is 9.59 Å². The van der Waals surface area contributed by atoms with Gasteiger partial charge in [0.2, 0.25) is 0 Å². The number of para-hydroxylation sites is 2. The standard InChI is InChI=1S/C37H43N5O6S.C30H38N4O4S/c1-47-23-27-15-18-40(19-16-27)32-21-31(38-36-34(32)35(28-11-8-12-28)39-42(36)29-13-6-3-7-14-29)33(43)25-49(45,46)30-17-20-41(22-30)37(44)48-24-26-9-4-2-5-10-26;1-38-19-21-14-16-33(17-15-21)26-18-25(27(35)20-39(36,37)24-12-5-6-13-24)31-30-28(26)29(22-8-7-9-22)32-34(30)23-10-3-2-4-11-23/h2-7,9-10,13-14,21,27-28,30H,8,11-12,15-20,22-25H2,1H3;2-4,10-11,18,21-22,24H,5-9,12-17,19-20H2,1H3. The lowest BCUT2D eigenvalue weighted by atomic mass is 9.81. The Labute approximate surface area is 516 Å². The number of benzene rings is 3. The van der Waals surface area contributed by atoms with Crippen LogP contribution in [-0.4, -0.2) is 158 Å². The van der Waals surface area contributed by atoms with Crippen LogP contribution in [0.1, 0.15) is 146 Å². The first-order chi connectivity index (χ1) is 42.7. The van der Waals surface area contributed by atoms with Crippen molar-refractivity contribution in [1.29, 1.82) is 0 Å². The van der Waals surface area contributed by atoms with Crippen LogP contribution in [0.3, 0.4) is 0 Å². The highest BCUT2D eigenvalue weighted by atomic mass is 32.2. The normalized spacial score (nSPS) is 19.2. The van der Waals surface area contributed by atoms with Crippen molar-refractivity contribution >= 4 is 70.8 Å². The number of hydrogen-bond acceptors (Lipinski definition) is 16. The third-order valence-electron chi connectivity index (χ3n) is 19.2. The molecule has 3 aliphatic carbocycles. The van der Waals surface area contributed by atoms with E-state index in [0.717, 1.165) is 154 Å². The van der Waals surface area contributed by atoms with Gasteiger partial charge in [0.25, 0.3) is 0 Å². The van der Waals surface area contributed by atoms with Crippen molar-refractivity contribution in [2.24, 2.45) is 11.8 Å². The summed E-state index contributed by atoms with van der Waals surface area (Å²) >= 11 is 0. The van der Waals surface area contributed by atoms with Crippen LogP contribution in [0.25, 0.3) is 33.4 Å². The zero-order valence-electron chi connectivity index (χ0n) is 50.6. The highest BCUT2D eigenvalue weighted by Gasteiger charge is 2.40. The smallest absolute Gasteiger partial charge is 0.410 e. The number of fused-ring (bicyclic) bond motifs is 2. The third-order valence-corrected chi connectivity index (χ3v) is 23.4. The van der Waals surface area contributed by atoms with Crippen LogP contribution in [0, 0.1) is 11.8 Å². The number of carbonyl (C=O) groups excluding carboxylic acids is 3. The molecule has 3 saturated heterocycles. The summed E-state index contributed by atoms with van der Waals surface area (Å²) in [5, 5.41) is 10.9. The SMILES string of the molecule is COCC1CCN(c2cc(C(=O)CS(=O)(=O)C3CCCC3)nc3c2c(C2CCC2)nn3-c2ccccc2)CC1.COCC1CCN(c2cc(C(=O)CS(=O)(=O)C3CCN(C(=O)OCc4ccccc4)C3)nc3c2c(C2CCC2)nn3-c2ccccc2)CC1. The van der Waals surface area contributed by atoms with Crippen LogP contribution in [0.4, 0.5) is 16.2 Å². The second kappa shape index (κ2) is 27.0. The number of carbonyl (C=O) groups is 3. The van der Waals surface area contributed by atoms with Gasteiger partial charge in [-0.2, -0.15) is 10.2 Å². The summed E-state index contributed by atoms with van der Waals surface area (Å²) in [7, 11) is -3.94. The van der Waals surface area contributed by atoms with E-state index in [9.17, 15) is 31.2 Å². The van der Waals surface area contributed by atoms with Gasteiger partial charge < -0.3 is 28.9 Å². The zero-order valence-corrected chi connectivity index (χ0v) is 52.2. The fraction of sp³-hybridized carbons (Fsp3) is 0.507. The number of piperidine rings is 2. The molecular formula is C67H81N9O10S2. The summed E-state index contributed by atoms with van der Waals surface area (Å²) in [6, 6.07) is 32.6. The maximum Gasteiger partial charge on any atom is 0.410 e. The number of hydrogen-bond donors (Lipinski definition) is 0. The fourth-order valence-corrected chi connectivity index (χ4v) is 17.0. The van der Waals surface area contributed by atoms with E-state index in [-0.39, 0.29) is 37.5 Å². The average Bonchev–Trinajstić information content (AvgIpc) is 1.62. The molecule has 1 amide bonds. The van der Waals surface area contributed by atoms with Gasteiger partial charge in [-0.25, -0.2) is 41.0 Å². The Kier molecular flexibility index (Phi) is 18.7. The summed E-state index contributed by atoms with van der Waals surface area (Å²) in [5.41, 5.74) is 7.98. The summed E-state index contributed by atoms with van der Waals surface area (Å²) in [6.45, 7) is 5.09. The van der Waals surface area contributed by atoms with Crippen LogP contribution in [-0.2, 0) is 40.5 Å². The minimum atomic E-state index is -3.90. The number of sulfone groups is 2. The molecule has 21 heteroatoms. The van der Waals surface area contributed by atoms with E-state index in [1.54, 1.807) is 20.3 Å². The lowest BCUT2D eigenvalue weighted by molar-refractivity contribution is 0.100. The second-order valence-corrected chi connectivity index (χ2v) is 29.6. The lowest BCUT2D eigenvalue weighted by Crippen LogP contribution is -2.36. The summed E-state index contributed by atoms with van der Waals surface area (Å²) in [6.07, 6.45) is 13.3. The Morgan fingerprint density at radius 3 is 1.36 bits per heavy atom. The second-order valence-electron chi connectivity index (χ2n) is 25.0. The van der Waals surface area contributed by atoms with Crippen molar-refractivity contribution in [1.82, 2.24) is 34.4 Å². The molecule has 0 radical (unpaired) electrons. The van der Waals surface area contributed by atoms with Crippen molar-refractivity contribution in [3.05, 3.63) is 131 Å². The zero-order chi connectivity index (χ0) is 60.9. The van der Waals surface area contributed by atoms with Gasteiger partial charge >= 0.3 is 6.09 Å². The van der Waals surface area contributed by atoms with Gasteiger partial charge in [-0.15, -0.1) is 0 Å². The first-order valence-corrected chi connectivity index (χ1v) is 35.1. The number of ketones is 2. The number of methoxy groups -OCH3 is 2. The molecule has 3 aromatic carbocycles. The van der Waals surface area contributed by atoms with E-state index < -0.39 is 59.3 Å². The molecule has 7 heterocycles. The van der Waals surface area contributed by atoms with Gasteiger partial charge in [-0.05, 0) is 124 Å². The van der Waals surface area contributed by atoms with Crippen LogP contribution >= 0.6 is 0 Å². The molecule has 7 aromatic rings. The first-order valence-electron chi connectivity index (χ1n) is 31.7. The van der Waals surface area contributed by atoms with Crippen LogP contribution in [0.2, 0.25) is 0 Å². The van der Waals surface area contributed by atoms with Gasteiger partial charge in [0, 0.05) is 78.5 Å². The van der Waals surface area contributed by atoms with Crippen LogP contribution < -0.4 is 9.80 Å². The van der Waals surface area contributed by atoms with E-state index in [0.29, 0.717) is 54.4 Å². The minimum absolute atomic E-state index is 0.0110. The number of likely N-dealkylation sites (tertiary alicyclic amines) is 1. The first kappa shape index (κ1) is 61.2. The number of amides is 1. The van der Waals surface area contributed by atoms with E-state index in [1.807, 2.05) is 106 Å². The topological polar surface area (TPSA) is 218 Å². The quantitative estimate of drug-likeness (QED) is 0.0648. The lowest BCUT2D eigenvalue weighted by Gasteiger charge is -2.34. The van der Waals surface area contributed by atoms with Crippen molar-refractivity contribution in [2.75, 3.05) is 88.0 Å². The van der Waals surface area contributed by atoms with Crippen molar-refractivity contribution in [3.63, 3.8) is 0 Å². The largest absolute Gasteiger partial charge is 0.445 e. The van der Waals surface area contributed by atoms with Gasteiger partial charge in [0.15, 0.2) is 42.5 Å². The molecule has 6 aliphatic rings. The molecule has 88 heavy (non-hydrogen) atoms. The molecule has 6 fully saturated rings. The number of Topliss-reactive ketones (excluding diaryl/α,β-unsaturated/α-hetero) is 2. The molecule has 3 saturated carbocycles. The van der Waals surface area contributed by atoms with E-state index in [1.165, 1.54) is 11.3 Å². The maximum atomic E-state index is 14.0. The Balaban J connectivity index is 0.000000176. The van der Waals surface area contributed by atoms with Gasteiger partial charge in [-0.1, -0.05) is 92.4 Å². The van der Waals surface area contributed by atoms with Crippen molar-refractivity contribution < 1.29 is 45.4 Å². The number of pyridine rings is 2. The predicted molar refractivity (Wildman–Crippen MR) is 340 cm³/mol. The monoisotopic (exact) mass is 1240 g/mol. The molecule has 19 nitrogen and oxygen atoms in total. The molecule has 466 valence electrons. The molecule has 4 aromatic heterocycles. The highest BCUT2D eigenvalue weighted by molar-refractivity contribution is 7.93. The number of rotatable bonds is 20. The fourth-order valence-electron chi connectivity index (χ4n) is 13.6. The molecule has 0 spiro atoms. The van der Waals surface area contributed by atoms with Crippen molar-refractivity contribution in [2.45, 2.75) is 125 Å². The van der Waals surface area contributed by atoms with E-state index in [2.05, 4.69) is 9.80 Å². The van der Waals surface area contributed by atoms with Gasteiger partial charge in [0.1, 0.15) is 29.5 Å². The Bertz CT molecular complexity index is 3830. The Morgan fingerprint density at radius 2 is 0.943 bits per heavy atom. The summed E-state index contributed by atoms with van der Waals surface area (Å²) in [4.78, 5) is 56.1. The minimum Gasteiger partial charge on any atom is -0.445 e. The van der Waals surface area contributed by atoms with Crippen LogP contribution in [0.15, 0.2) is 103 Å². The van der Waals surface area contributed by atoms with Crippen LogP contribution in [0.5, 0.6) is 0 Å². The summed E-state index contributed by atoms with van der Waals surface area (Å²) in [5.74, 6) is -0.504. The molecule has 1 unspecified atom stereocenters. The number of anilines is 2. The number of aromatic nitrogens is 6. The molecule has 0 N–H and O–H groups in total. The highest BCUT2D eigenvalue weighted by Crippen LogP contribution is 2.45. The Hall–Kier alpha value is -7.07. The maximum absolute atomic E-state index is 14.0. The van der Waals surface area contributed by atoms with Gasteiger partial charge in [0.05, 0.1) is 55.4 Å². The third kappa shape index (κ3) is 13.3. The average molecular weight is 1240 g/mol. The molecule has 3 aliphatic heterocycles. The molecule has 0 bridgehead atoms. The molecule has 1 atom stereocenters. The predicted octanol–water partition coefficient (Wildman–Crippen LogP) is 10.7. The Morgan fingerprint density at radius 1 is 0.511 bits per heavy atom. The van der Waals surface area contributed by atoms with E-state index >= 15 is 0 Å².